The molecule has 123 valence electrons. The number of nitrogens with zero attached hydrogens (tertiary/aromatic N) is 1. The fourth-order valence-corrected chi connectivity index (χ4v) is 2.06. The average Bonchev–Trinajstić information content (AvgIpc) is 2.50. The number of hydrogen-bond acceptors (Lipinski definition) is 3. The van der Waals surface area contributed by atoms with Gasteiger partial charge in [-0.25, -0.2) is 0 Å². The first-order valence-corrected chi connectivity index (χ1v) is 8.36. The normalized spacial score (nSPS) is 10.9. The Balaban J connectivity index is 3.85. The summed E-state index contributed by atoms with van der Waals surface area (Å²) in [5, 5.41) is 10.9. The van der Waals surface area contributed by atoms with Crippen LogP contribution in [0.25, 0.3) is 0 Å². The van der Waals surface area contributed by atoms with E-state index < -0.39 is 0 Å². The Bertz CT molecular complexity index is 391. The predicted molar refractivity (Wildman–Crippen MR) is 89.6 cm³/mol. The Morgan fingerprint density at radius 3 is 2.36 bits per heavy atom. The van der Waals surface area contributed by atoms with Gasteiger partial charge in [0, 0.05) is 12.8 Å². The van der Waals surface area contributed by atoms with Crippen molar-refractivity contribution in [1.29, 1.82) is 0 Å². The minimum absolute atomic E-state index is 0.172. The molecule has 0 rings (SSSR count). The molecule has 1 radical (unpaired) electrons. The highest BCUT2D eigenvalue weighted by Crippen LogP contribution is 2.08. The lowest BCUT2D eigenvalue weighted by atomic mass is 10.1. The van der Waals surface area contributed by atoms with E-state index in [-0.39, 0.29) is 17.0 Å². The van der Waals surface area contributed by atoms with Gasteiger partial charge in [0.15, 0.2) is 6.29 Å². The van der Waals surface area contributed by atoms with E-state index in [9.17, 15) is 14.9 Å². The maximum atomic E-state index is 10.9. The van der Waals surface area contributed by atoms with Crippen LogP contribution in [0, 0.1) is 22.0 Å². The Labute approximate surface area is 134 Å². The minimum Gasteiger partial charge on any atom is -0.291 e. The first-order chi connectivity index (χ1) is 10.7. The van der Waals surface area contributed by atoms with Gasteiger partial charge >= 0.3 is 0 Å². The van der Waals surface area contributed by atoms with E-state index in [0.29, 0.717) is 12.8 Å². The third kappa shape index (κ3) is 13.4. The summed E-state index contributed by atoms with van der Waals surface area (Å²) in [4.78, 5) is 20.6. The predicted octanol–water partition coefficient (Wildman–Crippen LogP) is 4.96. The first-order valence-electron chi connectivity index (χ1n) is 8.36. The van der Waals surface area contributed by atoms with E-state index in [2.05, 4.69) is 18.8 Å². The lowest BCUT2D eigenvalue weighted by Gasteiger charge is -1.96. The number of allylic oxidation sites excluding steroid dienone is 2. The zero-order valence-corrected chi connectivity index (χ0v) is 13.7. The summed E-state index contributed by atoms with van der Waals surface area (Å²) >= 11 is 0. The second-order valence-electron chi connectivity index (χ2n) is 5.39. The lowest BCUT2D eigenvalue weighted by molar-refractivity contribution is -0.426. The van der Waals surface area contributed by atoms with E-state index in [0.717, 1.165) is 25.7 Å². The largest absolute Gasteiger partial charge is 0.291 e. The van der Waals surface area contributed by atoms with E-state index in [1.165, 1.54) is 32.1 Å². The van der Waals surface area contributed by atoms with Crippen LogP contribution in [0.1, 0.15) is 84.0 Å². The monoisotopic (exact) mass is 306 g/mol. The van der Waals surface area contributed by atoms with E-state index in [1.54, 1.807) is 6.08 Å². The summed E-state index contributed by atoms with van der Waals surface area (Å²) in [5.41, 5.74) is 0.172. The molecule has 0 aromatic heterocycles. The van der Waals surface area contributed by atoms with Gasteiger partial charge in [-0.2, -0.15) is 0 Å². The summed E-state index contributed by atoms with van der Waals surface area (Å²) in [6.07, 6.45) is 14.4. The van der Waals surface area contributed by atoms with Crippen LogP contribution in [0.2, 0.25) is 0 Å². The van der Waals surface area contributed by atoms with Crippen LogP contribution >= 0.6 is 0 Å². The van der Waals surface area contributed by atoms with Crippen molar-refractivity contribution in [3.8, 4) is 11.8 Å². The molecule has 0 aromatic carbocycles. The van der Waals surface area contributed by atoms with Crippen LogP contribution in [-0.2, 0) is 4.79 Å². The second kappa shape index (κ2) is 15.8. The second-order valence-corrected chi connectivity index (χ2v) is 5.39. The highest BCUT2D eigenvalue weighted by atomic mass is 16.6. The van der Waals surface area contributed by atoms with Crippen molar-refractivity contribution in [3.05, 3.63) is 21.9 Å². The molecule has 0 aliphatic carbocycles. The van der Waals surface area contributed by atoms with Gasteiger partial charge in [-0.15, -0.1) is 5.92 Å². The molecule has 0 spiro atoms. The standard InChI is InChI=1S/C18H28NO3/c1-2-3-4-5-6-7-8-9-12-15-18(19(21)22)16-13-10-11-14-17-20/h16H,2-8,10-11,13-15H2,1H3/b18-16-. The zero-order chi connectivity index (χ0) is 16.5. The number of rotatable bonds is 13. The molecule has 0 amide bonds. The molecule has 0 bridgehead atoms. The molecule has 22 heavy (non-hydrogen) atoms. The minimum atomic E-state index is -0.356. The number of nitro groups is 1. The summed E-state index contributed by atoms with van der Waals surface area (Å²) in [7, 11) is 0. The number of carbonyl (C=O) groups excluding carboxylic acids is 1. The highest BCUT2D eigenvalue weighted by molar-refractivity contribution is 5.50. The molecule has 0 aliphatic rings. The number of hydrogen-bond donors (Lipinski definition) is 0. The third-order valence-electron chi connectivity index (χ3n) is 3.40. The van der Waals surface area contributed by atoms with Gasteiger partial charge < -0.3 is 0 Å². The molecule has 0 unspecified atom stereocenters. The van der Waals surface area contributed by atoms with Crippen molar-refractivity contribution in [2.24, 2.45) is 0 Å². The average molecular weight is 306 g/mol. The molecular formula is C18H28NO3. The van der Waals surface area contributed by atoms with Gasteiger partial charge in [0.05, 0.1) is 11.3 Å². The summed E-state index contributed by atoms with van der Waals surface area (Å²) < 4.78 is 0. The van der Waals surface area contributed by atoms with Crippen LogP contribution in [0.5, 0.6) is 0 Å². The highest BCUT2D eigenvalue weighted by Gasteiger charge is 2.07. The summed E-state index contributed by atoms with van der Waals surface area (Å²) in [5.74, 6) is 5.92. The molecule has 4 heteroatoms. The van der Waals surface area contributed by atoms with Gasteiger partial charge in [-0.1, -0.05) is 44.9 Å². The molecule has 0 N–H and O–H groups in total. The lowest BCUT2D eigenvalue weighted by Crippen LogP contribution is -1.97. The third-order valence-corrected chi connectivity index (χ3v) is 3.40. The van der Waals surface area contributed by atoms with Crippen molar-refractivity contribution >= 4 is 6.29 Å². The molecule has 0 atom stereocenters. The Hall–Kier alpha value is -1.63. The molecule has 0 saturated heterocycles. The van der Waals surface area contributed by atoms with Crippen molar-refractivity contribution in [2.75, 3.05) is 0 Å². The van der Waals surface area contributed by atoms with Gasteiger partial charge in [0.25, 0.3) is 5.70 Å². The fraction of sp³-hybridized carbons (Fsp3) is 0.722. The Morgan fingerprint density at radius 1 is 1.00 bits per heavy atom. The molecule has 0 aliphatic heterocycles. The Kier molecular flexibility index (Phi) is 14.6. The van der Waals surface area contributed by atoms with Crippen molar-refractivity contribution in [3.63, 3.8) is 0 Å². The van der Waals surface area contributed by atoms with E-state index in [4.69, 9.17) is 0 Å². The zero-order valence-electron chi connectivity index (χ0n) is 13.7. The van der Waals surface area contributed by atoms with E-state index >= 15 is 0 Å². The summed E-state index contributed by atoms with van der Waals surface area (Å²) in [6.45, 7) is 2.20. The molecule has 0 saturated carbocycles. The van der Waals surface area contributed by atoms with Gasteiger partial charge in [0.1, 0.15) is 0 Å². The van der Waals surface area contributed by atoms with Crippen LogP contribution in [0.15, 0.2) is 11.8 Å². The Morgan fingerprint density at radius 2 is 1.68 bits per heavy atom. The van der Waals surface area contributed by atoms with Crippen molar-refractivity contribution in [1.82, 2.24) is 0 Å². The maximum absolute atomic E-state index is 10.9. The quantitative estimate of drug-likeness (QED) is 0.209. The van der Waals surface area contributed by atoms with Gasteiger partial charge in [-0.3, -0.25) is 14.9 Å². The smallest absolute Gasteiger partial charge is 0.254 e. The van der Waals surface area contributed by atoms with Gasteiger partial charge in [-0.05, 0) is 31.8 Å². The topological polar surface area (TPSA) is 60.2 Å². The maximum Gasteiger partial charge on any atom is 0.254 e. The molecular weight excluding hydrogens is 278 g/mol. The molecule has 0 heterocycles. The van der Waals surface area contributed by atoms with Crippen LogP contribution in [0.3, 0.4) is 0 Å². The van der Waals surface area contributed by atoms with Gasteiger partial charge in [0.2, 0.25) is 0 Å². The van der Waals surface area contributed by atoms with E-state index in [1.807, 2.05) is 6.29 Å². The van der Waals surface area contributed by atoms with Crippen LogP contribution < -0.4 is 0 Å². The van der Waals surface area contributed by atoms with Crippen LogP contribution in [-0.4, -0.2) is 11.2 Å². The first kappa shape index (κ1) is 20.4. The molecule has 0 fully saturated rings. The molecule has 0 aromatic rings. The van der Waals surface area contributed by atoms with Crippen LogP contribution in [0.4, 0.5) is 0 Å². The molecule has 4 nitrogen and oxygen atoms in total. The summed E-state index contributed by atoms with van der Waals surface area (Å²) in [6, 6.07) is 0. The number of unbranched alkanes of at least 4 members (excludes halogenated alkanes) is 9. The fourth-order valence-electron chi connectivity index (χ4n) is 2.06. The van der Waals surface area contributed by atoms with Crippen molar-refractivity contribution in [2.45, 2.75) is 84.0 Å². The van der Waals surface area contributed by atoms with Crippen molar-refractivity contribution < 1.29 is 9.72 Å². The SMILES string of the molecule is CCCCCCCCC#CC/C(=C/CCCC[C]=O)[N+](=O)[O-].